The molecule has 2 rings (SSSR count). The molecule has 0 amide bonds. The number of unbranched alkanes of at least 4 members (excludes halogenated alkanes) is 3. The summed E-state index contributed by atoms with van der Waals surface area (Å²) in [5.41, 5.74) is 2.04. The average Bonchev–Trinajstić information content (AvgIpc) is 2.70. The summed E-state index contributed by atoms with van der Waals surface area (Å²) in [4.78, 5) is 8.51. The number of benzene rings is 2. The van der Waals surface area contributed by atoms with Crippen LogP contribution in [-0.4, -0.2) is 18.0 Å². The molecule has 4 nitrogen and oxygen atoms in total. The fraction of sp³-hybridized carbons (Fsp3) is 0.455. The van der Waals surface area contributed by atoms with Crippen LogP contribution >= 0.6 is 8.25 Å². The molecule has 0 aliphatic heterocycles. The minimum absolute atomic E-state index is 0.139. The second kappa shape index (κ2) is 13.5. The maximum Gasteiger partial charge on any atom is 0.694 e. The Morgan fingerprint density at radius 1 is 0.897 bits per heavy atom. The number of hydrogen-bond donors (Lipinski definition) is 2. The van der Waals surface area contributed by atoms with Gasteiger partial charge in [0.05, 0.1) is 0 Å². The van der Waals surface area contributed by atoms with Crippen LogP contribution in [0.4, 0.5) is 8.78 Å². The number of hydrogen-bond acceptors (Lipinski definition) is 3. The summed E-state index contributed by atoms with van der Waals surface area (Å²) >= 11 is 0. The molecule has 0 bridgehead atoms. The minimum atomic E-state index is -2.59. The molecule has 158 valence electrons. The van der Waals surface area contributed by atoms with E-state index in [1.165, 1.54) is 17.7 Å². The van der Waals surface area contributed by atoms with Gasteiger partial charge in [0.25, 0.3) is 0 Å². The first-order valence-electron chi connectivity index (χ1n) is 10.1. The maximum atomic E-state index is 14.3. The third kappa shape index (κ3) is 9.55. The lowest BCUT2D eigenvalue weighted by molar-refractivity contribution is 0.276. The second-order valence-corrected chi connectivity index (χ2v) is 7.77. The zero-order valence-corrected chi connectivity index (χ0v) is 17.5. The van der Waals surface area contributed by atoms with Gasteiger partial charge in [0, 0.05) is 16.7 Å². The van der Waals surface area contributed by atoms with Gasteiger partial charge in [-0.05, 0) is 61.9 Å². The van der Waals surface area contributed by atoms with E-state index in [-0.39, 0.29) is 24.5 Å². The lowest BCUT2D eigenvalue weighted by Crippen LogP contribution is -2.17. The van der Waals surface area contributed by atoms with E-state index in [1.807, 2.05) is 18.2 Å². The molecule has 0 radical (unpaired) electrons. The van der Waals surface area contributed by atoms with Crippen molar-refractivity contribution >= 4 is 8.25 Å². The molecule has 0 aliphatic rings. The zero-order valence-electron chi connectivity index (χ0n) is 16.6. The third-order valence-electron chi connectivity index (χ3n) is 4.73. The molecule has 1 atom stereocenters. The molecule has 2 aromatic rings. The van der Waals surface area contributed by atoms with Crippen molar-refractivity contribution in [3.63, 3.8) is 0 Å². The summed E-state index contributed by atoms with van der Waals surface area (Å²) in [5, 5.41) is 2.98. The predicted molar refractivity (Wildman–Crippen MR) is 111 cm³/mol. The van der Waals surface area contributed by atoms with Gasteiger partial charge in [-0.2, -0.15) is 0 Å². The van der Waals surface area contributed by atoms with E-state index in [0.717, 1.165) is 32.1 Å². The summed E-state index contributed by atoms with van der Waals surface area (Å²) in [6, 6.07) is 12.9. The monoisotopic (exact) mass is 424 g/mol. The van der Waals surface area contributed by atoms with E-state index in [4.69, 9.17) is 4.89 Å². The molecular formula is C22H29F2NO3P+. The highest BCUT2D eigenvalue weighted by atomic mass is 31.1. The normalized spacial score (nSPS) is 11.6. The maximum absolute atomic E-state index is 14.3. The molecule has 0 aromatic heterocycles. The standard InChI is InChI=1S/C22H28F2NO3P/c23-21-16-20(17-25-13-8-14-28-29(26)27)22(24)15-19(21)12-7-2-1-4-9-18-10-5-3-6-11-18/h3,5-6,10-11,15-16,25H,1-2,4,7-9,12-14,17H2/p+1. The topological polar surface area (TPSA) is 58.6 Å². The van der Waals surface area contributed by atoms with Gasteiger partial charge >= 0.3 is 8.25 Å². The van der Waals surface area contributed by atoms with Crippen molar-refractivity contribution in [1.82, 2.24) is 5.32 Å². The van der Waals surface area contributed by atoms with E-state index in [0.29, 0.717) is 24.9 Å². The molecule has 0 saturated carbocycles. The highest BCUT2D eigenvalue weighted by Crippen LogP contribution is 2.18. The van der Waals surface area contributed by atoms with Crippen molar-refractivity contribution in [3.05, 3.63) is 70.8 Å². The van der Waals surface area contributed by atoms with Crippen molar-refractivity contribution in [3.8, 4) is 0 Å². The van der Waals surface area contributed by atoms with Gasteiger partial charge in [-0.3, -0.25) is 0 Å². The molecule has 2 N–H and O–H groups in total. The molecule has 2 aromatic carbocycles. The van der Waals surface area contributed by atoms with Gasteiger partial charge in [-0.25, -0.2) is 8.78 Å². The summed E-state index contributed by atoms with van der Waals surface area (Å²) < 4.78 is 43.4. The number of aryl methyl sites for hydroxylation is 2. The molecule has 0 aliphatic carbocycles. The lowest BCUT2D eigenvalue weighted by Gasteiger charge is -2.09. The second-order valence-electron chi connectivity index (χ2n) is 7.04. The number of nitrogens with one attached hydrogen (secondary N) is 1. The first-order valence-corrected chi connectivity index (χ1v) is 11.2. The smallest absolute Gasteiger partial charge is 0.312 e. The molecule has 1 unspecified atom stereocenters. The molecule has 7 heteroatoms. The van der Waals surface area contributed by atoms with E-state index in [1.54, 1.807) is 0 Å². The molecular weight excluding hydrogens is 395 g/mol. The van der Waals surface area contributed by atoms with Crippen LogP contribution in [0.5, 0.6) is 0 Å². The number of rotatable bonds is 14. The summed E-state index contributed by atoms with van der Waals surface area (Å²) in [5.74, 6) is -0.777. The van der Waals surface area contributed by atoms with E-state index < -0.39 is 14.1 Å². The van der Waals surface area contributed by atoms with Crippen molar-refractivity contribution in [1.29, 1.82) is 0 Å². The molecule has 0 saturated heterocycles. The van der Waals surface area contributed by atoms with Crippen molar-refractivity contribution in [2.24, 2.45) is 0 Å². The predicted octanol–water partition coefficient (Wildman–Crippen LogP) is 5.46. The van der Waals surface area contributed by atoms with Crippen LogP contribution in [0, 0.1) is 11.6 Å². The van der Waals surface area contributed by atoms with Crippen LogP contribution in [0.15, 0.2) is 42.5 Å². The Balaban J connectivity index is 1.65. The Morgan fingerprint density at radius 2 is 1.55 bits per heavy atom. The summed E-state index contributed by atoms with van der Waals surface area (Å²) in [7, 11) is -2.59. The Kier molecular flexibility index (Phi) is 11.0. The van der Waals surface area contributed by atoms with Gasteiger partial charge < -0.3 is 5.32 Å². The largest absolute Gasteiger partial charge is 0.694 e. The average molecular weight is 424 g/mol. The lowest BCUT2D eigenvalue weighted by atomic mass is 10.0. The van der Waals surface area contributed by atoms with Crippen molar-refractivity contribution in [2.45, 2.75) is 51.5 Å². The Morgan fingerprint density at radius 3 is 2.28 bits per heavy atom. The third-order valence-corrected chi connectivity index (χ3v) is 5.14. The van der Waals surface area contributed by atoms with E-state index in [9.17, 15) is 13.3 Å². The van der Waals surface area contributed by atoms with Gasteiger partial charge in [-0.1, -0.05) is 43.2 Å². The SMILES string of the molecule is O=[P+](O)OCCCNCc1cc(F)c(CCCCCCc2ccccc2)cc1F. The van der Waals surface area contributed by atoms with Gasteiger partial charge in [-0.15, -0.1) is 9.42 Å². The van der Waals surface area contributed by atoms with Crippen molar-refractivity contribution in [2.75, 3.05) is 13.2 Å². The van der Waals surface area contributed by atoms with Gasteiger partial charge in [0.15, 0.2) is 0 Å². The van der Waals surface area contributed by atoms with Crippen LogP contribution in [0.25, 0.3) is 0 Å². The molecule has 0 spiro atoms. The Hall–Kier alpha value is -1.72. The van der Waals surface area contributed by atoms with E-state index >= 15 is 0 Å². The fourth-order valence-electron chi connectivity index (χ4n) is 3.16. The van der Waals surface area contributed by atoms with Gasteiger partial charge in [0.2, 0.25) is 0 Å². The summed E-state index contributed by atoms with van der Waals surface area (Å²) in [6.45, 7) is 0.822. The minimum Gasteiger partial charge on any atom is -0.312 e. The first kappa shape index (κ1) is 23.6. The highest BCUT2D eigenvalue weighted by Gasteiger charge is 2.11. The fourth-order valence-corrected chi connectivity index (χ4v) is 3.45. The van der Waals surface area contributed by atoms with Gasteiger partial charge in [0.1, 0.15) is 18.2 Å². The quantitative estimate of drug-likeness (QED) is 0.313. The summed E-state index contributed by atoms with van der Waals surface area (Å²) in [6.07, 6.45) is 6.12. The molecule has 0 heterocycles. The Labute approximate surface area is 172 Å². The first-order chi connectivity index (χ1) is 14.1. The van der Waals surface area contributed by atoms with Crippen LogP contribution in [0.3, 0.4) is 0 Å². The molecule has 0 fully saturated rings. The Bertz CT molecular complexity index is 759. The zero-order chi connectivity index (χ0) is 20.9. The van der Waals surface area contributed by atoms with Crippen LogP contribution < -0.4 is 5.32 Å². The number of halogens is 2. The van der Waals surface area contributed by atoms with Crippen molar-refractivity contribution < 1.29 is 22.8 Å². The highest BCUT2D eigenvalue weighted by molar-refractivity contribution is 7.32. The van der Waals surface area contributed by atoms with E-state index in [2.05, 4.69) is 22.0 Å². The molecule has 29 heavy (non-hydrogen) atoms. The van der Waals surface area contributed by atoms with Crippen LogP contribution in [0.1, 0.15) is 48.8 Å². The van der Waals surface area contributed by atoms with Crippen LogP contribution in [0.2, 0.25) is 0 Å². The van der Waals surface area contributed by atoms with Crippen LogP contribution in [-0.2, 0) is 28.5 Å².